The van der Waals surface area contributed by atoms with Gasteiger partial charge in [-0.3, -0.25) is 0 Å². The normalized spacial score (nSPS) is 18.2. The van der Waals surface area contributed by atoms with Crippen LogP contribution in [0.2, 0.25) is 0 Å². The fourth-order valence-corrected chi connectivity index (χ4v) is 4.35. The van der Waals surface area contributed by atoms with Crippen molar-refractivity contribution >= 4 is 28.6 Å². The van der Waals surface area contributed by atoms with Crippen LogP contribution in [0.4, 0.5) is 16.3 Å². The summed E-state index contributed by atoms with van der Waals surface area (Å²) in [5.41, 5.74) is 2.93. The maximum Gasteiger partial charge on any atom is 0.318 e. The summed E-state index contributed by atoms with van der Waals surface area (Å²) < 4.78 is 27.8. The highest BCUT2D eigenvalue weighted by molar-refractivity contribution is 7.79. The number of ether oxygens (including phenoxy) is 1. The lowest BCUT2D eigenvalue weighted by Gasteiger charge is -2.38. The molecule has 0 bridgehead atoms. The number of rotatable bonds is 7. The molecule has 2 aromatic rings. The zero-order chi connectivity index (χ0) is 24.1. The Kier molecular flexibility index (Phi) is 8.39. The quantitative estimate of drug-likeness (QED) is 0.520. The molecule has 180 valence electrons. The van der Waals surface area contributed by atoms with Gasteiger partial charge in [0.1, 0.15) is 5.82 Å². The summed E-state index contributed by atoms with van der Waals surface area (Å²) in [6.45, 7) is 9.71. The third-order valence-corrected chi connectivity index (χ3v) is 6.65. The van der Waals surface area contributed by atoms with E-state index < -0.39 is 16.3 Å². The lowest BCUT2D eigenvalue weighted by atomic mass is 9.99. The maximum atomic E-state index is 12.1. The number of benzene rings is 1. The predicted octanol–water partition coefficient (Wildman–Crippen LogP) is 3.92. The lowest BCUT2D eigenvalue weighted by molar-refractivity contribution is 0.0924. The van der Waals surface area contributed by atoms with Crippen LogP contribution in [0.25, 0.3) is 11.4 Å². The second kappa shape index (κ2) is 11.0. The largest absolute Gasteiger partial charge is 0.377 e. The van der Waals surface area contributed by atoms with Crippen molar-refractivity contribution in [3.8, 4) is 11.4 Å². The minimum Gasteiger partial charge on any atom is -0.377 e. The van der Waals surface area contributed by atoms with Crippen molar-refractivity contribution in [2.24, 2.45) is 0 Å². The number of amides is 2. The molecule has 3 N–H and O–H groups in total. The van der Waals surface area contributed by atoms with Crippen molar-refractivity contribution in [2.45, 2.75) is 51.3 Å². The molecule has 1 fully saturated rings. The van der Waals surface area contributed by atoms with Gasteiger partial charge in [0.05, 0.1) is 30.2 Å². The first-order valence-corrected chi connectivity index (χ1v) is 12.4. The standard InChI is InChI=1S/C23H33N5O4S/c1-6-18-13-32-12-11-28(18)22-19(15(4)33(30)31)20(14(2)3)26-21(27-22)16-7-9-17(10-8-16)25-23(29)24-5/h7-10,14-15,18H,6,11-13H2,1-5H3,(H,30,31)(H2,24,25,29). The molecule has 1 saturated heterocycles. The molecule has 3 unspecified atom stereocenters. The molecule has 3 atom stereocenters. The van der Waals surface area contributed by atoms with Crippen molar-refractivity contribution < 1.29 is 18.3 Å². The van der Waals surface area contributed by atoms with Crippen LogP contribution >= 0.6 is 0 Å². The highest BCUT2D eigenvalue weighted by atomic mass is 32.2. The molecule has 0 radical (unpaired) electrons. The number of carbonyl (C=O) groups excluding carboxylic acids is 1. The van der Waals surface area contributed by atoms with Crippen molar-refractivity contribution in [2.75, 3.05) is 37.0 Å². The molecule has 1 aliphatic rings. The Morgan fingerprint density at radius 2 is 1.97 bits per heavy atom. The number of nitrogens with one attached hydrogen (secondary N) is 2. The molecule has 0 spiro atoms. The summed E-state index contributed by atoms with van der Waals surface area (Å²) in [5, 5.41) is 4.63. The number of hydrogen-bond acceptors (Lipinski definition) is 6. The predicted molar refractivity (Wildman–Crippen MR) is 131 cm³/mol. The Morgan fingerprint density at radius 3 is 2.55 bits per heavy atom. The number of nitrogens with zero attached hydrogens (tertiary/aromatic N) is 3. The van der Waals surface area contributed by atoms with Crippen LogP contribution in [0, 0.1) is 0 Å². The Bertz CT molecular complexity index is 999. The molecule has 1 aromatic carbocycles. The second-order valence-electron chi connectivity index (χ2n) is 8.35. The first kappa shape index (κ1) is 25.1. The van der Waals surface area contributed by atoms with Gasteiger partial charge in [-0.2, -0.15) is 0 Å². The van der Waals surface area contributed by atoms with Gasteiger partial charge < -0.3 is 24.8 Å². The Hall–Kier alpha value is -2.56. The number of hydrogen-bond donors (Lipinski definition) is 3. The van der Waals surface area contributed by atoms with Crippen LogP contribution < -0.4 is 15.5 Å². The van der Waals surface area contributed by atoms with Gasteiger partial charge in [-0.15, -0.1) is 0 Å². The number of aromatic nitrogens is 2. The number of carbonyl (C=O) groups is 1. The molecular weight excluding hydrogens is 442 g/mol. The fraction of sp³-hybridized carbons (Fsp3) is 0.522. The van der Waals surface area contributed by atoms with E-state index in [1.807, 2.05) is 26.0 Å². The van der Waals surface area contributed by atoms with Crippen LogP contribution in [0.15, 0.2) is 24.3 Å². The van der Waals surface area contributed by atoms with Gasteiger partial charge >= 0.3 is 6.03 Å². The molecule has 3 rings (SSSR count). The molecule has 2 heterocycles. The van der Waals surface area contributed by atoms with E-state index in [1.165, 1.54) is 0 Å². The van der Waals surface area contributed by atoms with Gasteiger partial charge in [-0.25, -0.2) is 19.0 Å². The maximum absolute atomic E-state index is 12.1. The highest BCUT2D eigenvalue weighted by Crippen LogP contribution is 2.37. The summed E-state index contributed by atoms with van der Waals surface area (Å²) in [7, 11) is 1.56. The van der Waals surface area contributed by atoms with Crippen LogP contribution in [0.5, 0.6) is 0 Å². The monoisotopic (exact) mass is 475 g/mol. The molecule has 9 nitrogen and oxygen atoms in total. The Morgan fingerprint density at radius 1 is 1.27 bits per heavy atom. The summed E-state index contributed by atoms with van der Waals surface area (Å²) >= 11 is -2.06. The van der Waals surface area contributed by atoms with Crippen molar-refractivity contribution in [3.63, 3.8) is 0 Å². The fourth-order valence-electron chi connectivity index (χ4n) is 3.92. The van der Waals surface area contributed by atoms with E-state index in [-0.39, 0.29) is 18.0 Å². The van der Waals surface area contributed by atoms with Gasteiger partial charge in [-0.1, -0.05) is 20.8 Å². The zero-order valence-corrected chi connectivity index (χ0v) is 20.6. The van der Waals surface area contributed by atoms with Gasteiger partial charge in [0, 0.05) is 30.4 Å². The minimum atomic E-state index is -2.06. The molecule has 2 amide bonds. The third kappa shape index (κ3) is 5.69. The Balaban J connectivity index is 2.15. The van der Waals surface area contributed by atoms with Crippen LogP contribution in [0.1, 0.15) is 56.5 Å². The van der Waals surface area contributed by atoms with E-state index in [0.717, 1.165) is 17.7 Å². The molecule has 0 aliphatic carbocycles. The molecule has 1 aromatic heterocycles. The number of urea groups is 1. The zero-order valence-electron chi connectivity index (χ0n) is 19.8. The average molecular weight is 476 g/mol. The molecule has 0 saturated carbocycles. The Labute approximate surface area is 197 Å². The highest BCUT2D eigenvalue weighted by Gasteiger charge is 2.32. The third-order valence-electron chi connectivity index (χ3n) is 5.81. The summed E-state index contributed by atoms with van der Waals surface area (Å²) in [5.74, 6) is 1.27. The van der Waals surface area contributed by atoms with E-state index in [2.05, 4.69) is 22.5 Å². The van der Waals surface area contributed by atoms with Crippen LogP contribution in [-0.2, 0) is 15.8 Å². The van der Waals surface area contributed by atoms with Gasteiger partial charge in [0.2, 0.25) is 0 Å². The summed E-state index contributed by atoms with van der Waals surface area (Å²) in [6.07, 6.45) is 0.867. The van der Waals surface area contributed by atoms with E-state index in [0.29, 0.717) is 42.7 Å². The summed E-state index contributed by atoms with van der Waals surface area (Å²) in [4.78, 5) is 23.6. The molecule has 33 heavy (non-hydrogen) atoms. The summed E-state index contributed by atoms with van der Waals surface area (Å²) in [6, 6.07) is 7.14. The molecule has 10 heteroatoms. The van der Waals surface area contributed by atoms with E-state index in [4.69, 9.17) is 14.7 Å². The number of anilines is 2. The van der Waals surface area contributed by atoms with Crippen LogP contribution in [0.3, 0.4) is 0 Å². The van der Waals surface area contributed by atoms with Gasteiger partial charge in [0.25, 0.3) is 0 Å². The van der Waals surface area contributed by atoms with E-state index >= 15 is 0 Å². The first-order valence-electron chi connectivity index (χ1n) is 11.2. The molecular formula is C23H33N5O4S. The van der Waals surface area contributed by atoms with Crippen molar-refractivity contribution in [1.82, 2.24) is 15.3 Å². The van der Waals surface area contributed by atoms with Crippen molar-refractivity contribution in [1.29, 1.82) is 0 Å². The van der Waals surface area contributed by atoms with Crippen molar-refractivity contribution in [3.05, 3.63) is 35.5 Å². The minimum absolute atomic E-state index is 0.0295. The topological polar surface area (TPSA) is 117 Å². The van der Waals surface area contributed by atoms with E-state index in [9.17, 15) is 13.6 Å². The second-order valence-corrected chi connectivity index (χ2v) is 9.61. The lowest BCUT2D eigenvalue weighted by Crippen LogP contribution is -2.46. The average Bonchev–Trinajstić information content (AvgIpc) is 2.82. The number of morpholine rings is 1. The van der Waals surface area contributed by atoms with Gasteiger partial charge in [-0.05, 0) is 43.5 Å². The van der Waals surface area contributed by atoms with E-state index in [1.54, 1.807) is 26.1 Å². The first-order chi connectivity index (χ1) is 15.8. The molecule has 1 aliphatic heterocycles. The smallest absolute Gasteiger partial charge is 0.318 e. The van der Waals surface area contributed by atoms with Crippen LogP contribution in [-0.4, -0.2) is 57.6 Å². The SMILES string of the molecule is CCC1COCCN1c1nc(-c2ccc(NC(=O)NC)cc2)nc(C(C)C)c1C(C)S(=O)O. The van der Waals surface area contributed by atoms with Gasteiger partial charge in [0.15, 0.2) is 16.9 Å².